The van der Waals surface area contributed by atoms with Gasteiger partial charge in [-0.05, 0) is 18.6 Å². The molecule has 106 valence electrons. The Kier molecular flexibility index (Phi) is 4.98. The molecule has 1 aromatic heterocycles. The van der Waals surface area contributed by atoms with Gasteiger partial charge in [-0.3, -0.25) is 9.59 Å². The van der Waals surface area contributed by atoms with E-state index in [0.29, 0.717) is 18.1 Å². The monoisotopic (exact) mass is 310 g/mol. The van der Waals surface area contributed by atoms with Gasteiger partial charge in [-0.2, -0.15) is 0 Å². The Bertz CT molecular complexity index is 663. The van der Waals surface area contributed by atoms with Crippen molar-refractivity contribution in [1.29, 1.82) is 0 Å². The molecule has 6 heteroatoms. The molecule has 0 aliphatic heterocycles. The molecule has 0 atom stereocenters. The maximum Gasteiger partial charge on any atom is 0.307 e. The van der Waals surface area contributed by atoms with Gasteiger partial charge in [0.2, 0.25) is 5.91 Å². The molecule has 0 aliphatic rings. The number of amides is 1. The largest absolute Gasteiger partial charge is 0.352 e. The number of nitrogens with zero attached hydrogens (tertiary/aromatic N) is 1. The van der Waals surface area contributed by atoms with Crippen LogP contribution in [-0.2, 0) is 17.9 Å². The van der Waals surface area contributed by atoms with Gasteiger partial charge in [0.15, 0.2) is 0 Å². The molecule has 0 fully saturated rings. The zero-order valence-corrected chi connectivity index (χ0v) is 12.6. The van der Waals surface area contributed by atoms with Gasteiger partial charge >= 0.3 is 4.87 Å². The second-order valence-corrected chi connectivity index (χ2v) is 5.64. The SMILES string of the molecule is Cc1csc(=O)n1CCC(=O)NCc1ccccc1Cl. The number of thiazole rings is 1. The van der Waals surface area contributed by atoms with Crippen LogP contribution in [0, 0.1) is 6.92 Å². The molecule has 0 radical (unpaired) electrons. The topological polar surface area (TPSA) is 51.1 Å². The Labute approximate surface area is 126 Å². The number of carbonyl (C=O) groups is 1. The van der Waals surface area contributed by atoms with Crippen molar-refractivity contribution in [2.24, 2.45) is 0 Å². The number of hydrogen-bond acceptors (Lipinski definition) is 3. The van der Waals surface area contributed by atoms with Crippen LogP contribution in [-0.4, -0.2) is 10.5 Å². The molecule has 0 bridgehead atoms. The third kappa shape index (κ3) is 3.71. The Morgan fingerprint density at radius 2 is 2.15 bits per heavy atom. The van der Waals surface area contributed by atoms with Gasteiger partial charge in [0.25, 0.3) is 0 Å². The Balaban J connectivity index is 1.85. The van der Waals surface area contributed by atoms with Crippen LogP contribution < -0.4 is 10.2 Å². The van der Waals surface area contributed by atoms with Gasteiger partial charge in [-0.1, -0.05) is 41.1 Å². The van der Waals surface area contributed by atoms with Crippen LogP contribution >= 0.6 is 22.9 Å². The lowest BCUT2D eigenvalue weighted by atomic mass is 10.2. The normalized spacial score (nSPS) is 10.5. The maximum absolute atomic E-state index is 11.8. The lowest BCUT2D eigenvalue weighted by Crippen LogP contribution is -2.26. The zero-order chi connectivity index (χ0) is 14.5. The number of hydrogen-bond donors (Lipinski definition) is 1. The molecule has 2 aromatic rings. The predicted molar refractivity (Wildman–Crippen MR) is 81.2 cm³/mol. The summed E-state index contributed by atoms with van der Waals surface area (Å²) < 4.78 is 1.61. The van der Waals surface area contributed by atoms with E-state index < -0.39 is 0 Å². The van der Waals surface area contributed by atoms with E-state index in [-0.39, 0.29) is 17.2 Å². The highest BCUT2D eigenvalue weighted by Gasteiger charge is 2.07. The standard InChI is InChI=1S/C14H15ClN2O2S/c1-10-9-20-14(19)17(10)7-6-13(18)16-8-11-4-2-3-5-12(11)15/h2-5,9H,6-8H2,1H3,(H,16,18). The van der Waals surface area contributed by atoms with Crippen molar-refractivity contribution in [2.45, 2.75) is 26.4 Å². The molecule has 0 saturated carbocycles. The molecule has 0 aliphatic carbocycles. The molecule has 1 amide bonds. The van der Waals surface area contributed by atoms with Crippen molar-refractivity contribution in [1.82, 2.24) is 9.88 Å². The quantitative estimate of drug-likeness (QED) is 0.923. The van der Waals surface area contributed by atoms with E-state index in [1.54, 1.807) is 16.0 Å². The lowest BCUT2D eigenvalue weighted by molar-refractivity contribution is -0.121. The van der Waals surface area contributed by atoms with Gasteiger partial charge in [-0.25, -0.2) is 0 Å². The third-order valence-electron chi connectivity index (χ3n) is 2.97. The summed E-state index contributed by atoms with van der Waals surface area (Å²) in [5.74, 6) is -0.0950. The second-order valence-electron chi connectivity index (χ2n) is 4.41. The van der Waals surface area contributed by atoms with Gasteiger partial charge in [0.1, 0.15) is 0 Å². The Hall–Kier alpha value is -1.59. The van der Waals surface area contributed by atoms with Crippen LogP contribution in [0.15, 0.2) is 34.4 Å². The molecular formula is C14H15ClN2O2S. The van der Waals surface area contributed by atoms with Crippen LogP contribution in [0.5, 0.6) is 0 Å². The fourth-order valence-electron chi connectivity index (χ4n) is 1.81. The molecule has 1 heterocycles. The van der Waals surface area contributed by atoms with Gasteiger partial charge in [-0.15, -0.1) is 0 Å². The van der Waals surface area contributed by atoms with E-state index in [1.165, 1.54) is 0 Å². The maximum atomic E-state index is 11.8. The van der Waals surface area contributed by atoms with E-state index in [4.69, 9.17) is 11.6 Å². The molecule has 4 nitrogen and oxygen atoms in total. The van der Waals surface area contributed by atoms with E-state index >= 15 is 0 Å². The number of nitrogens with one attached hydrogen (secondary N) is 1. The van der Waals surface area contributed by atoms with E-state index in [1.807, 2.05) is 25.1 Å². The molecular weight excluding hydrogens is 296 g/mol. The molecule has 1 aromatic carbocycles. The number of halogens is 1. The fourth-order valence-corrected chi connectivity index (χ4v) is 2.78. The Morgan fingerprint density at radius 1 is 1.40 bits per heavy atom. The molecule has 20 heavy (non-hydrogen) atoms. The molecule has 0 unspecified atom stereocenters. The number of carbonyl (C=O) groups excluding carboxylic acids is 1. The van der Waals surface area contributed by atoms with E-state index in [2.05, 4.69) is 5.32 Å². The van der Waals surface area contributed by atoms with Crippen molar-refractivity contribution in [2.75, 3.05) is 0 Å². The second kappa shape index (κ2) is 6.72. The number of benzene rings is 1. The summed E-state index contributed by atoms with van der Waals surface area (Å²) in [4.78, 5) is 23.3. The van der Waals surface area contributed by atoms with Crippen LogP contribution in [0.1, 0.15) is 17.7 Å². The highest BCUT2D eigenvalue weighted by molar-refractivity contribution is 7.07. The molecule has 2 rings (SSSR count). The molecule has 0 spiro atoms. The van der Waals surface area contributed by atoms with Crippen molar-refractivity contribution in [3.63, 3.8) is 0 Å². The average Bonchev–Trinajstić information content (AvgIpc) is 2.75. The number of aromatic nitrogens is 1. The van der Waals surface area contributed by atoms with Crippen molar-refractivity contribution >= 4 is 28.8 Å². The predicted octanol–water partition coefficient (Wildman–Crippen LogP) is 2.58. The first kappa shape index (κ1) is 14.8. The van der Waals surface area contributed by atoms with E-state index in [9.17, 15) is 9.59 Å². The number of rotatable bonds is 5. The summed E-state index contributed by atoms with van der Waals surface area (Å²) >= 11 is 7.17. The lowest BCUT2D eigenvalue weighted by Gasteiger charge is -2.07. The van der Waals surface area contributed by atoms with Crippen molar-refractivity contribution in [3.8, 4) is 0 Å². The van der Waals surface area contributed by atoms with Gasteiger partial charge < -0.3 is 9.88 Å². The molecule has 1 N–H and O–H groups in total. The summed E-state index contributed by atoms with van der Waals surface area (Å²) in [6.45, 7) is 2.66. The summed E-state index contributed by atoms with van der Waals surface area (Å²) in [5, 5.41) is 5.24. The fraction of sp³-hybridized carbons (Fsp3) is 0.286. The smallest absolute Gasteiger partial charge is 0.307 e. The zero-order valence-electron chi connectivity index (χ0n) is 11.1. The summed E-state index contributed by atoms with van der Waals surface area (Å²) in [5.41, 5.74) is 1.77. The first-order chi connectivity index (χ1) is 9.58. The summed E-state index contributed by atoms with van der Waals surface area (Å²) in [7, 11) is 0. The van der Waals surface area contributed by atoms with Gasteiger partial charge in [0.05, 0.1) is 0 Å². The summed E-state index contributed by atoms with van der Waals surface area (Å²) in [6.07, 6.45) is 0.280. The first-order valence-corrected chi connectivity index (χ1v) is 7.48. The van der Waals surface area contributed by atoms with E-state index in [0.717, 1.165) is 22.6 Å². The Morgan fingerprint density at radius 3 is 2.80 bits per heavy atom. The molecule has 0 saturated heterocycles. The number of aryl methyl sites for hydroxylation is 1. The van der Waals surface area contributed by atoms with Crippen LogP contribution in [0.3, 0.4) is 0 Å². The minimum absolute atomic E-state index is 0.0265. The minimum Gasteiger partial charge on any atom is -0.352 e. The van der Waals surface area contributed by atoms with Crippen molar-refractivity contribution < 1.29 is 4.79 Å². The first-order valence-electron chi connectivity index (χ1n) is 6.23. The highest BCUT2D eigenvalue weighted by Crippen LogP contribution is 2.14. The van der Waals surface area contributed by atoms with Crippen LogP contribution in [0.2, 0.25) is 5.02 Å². The van der Waals surface area contributed by atoms with Crippen LogP contribution in [0.4, 0.5) is 0 Å². The van der Waals surface area contributed by atoms with Crippen LogP contribution in [0.25, 0.3) is 0 Å². The minimum atomic E-state index is -0.0950. The average molecular weight is 311 g/mol. The third-order valence-corrected chi connectivity index (χ3v) is 4.22. The summed E-state index contributed by atoms with van der Waals surface area (Å²) in [6, 6.07) is 7.38. The van der Waals surface area contributed by atoms with Crippen molar-refractivity contribution in [3.05, 3.63) is 55.6 Å². The highest BCUT2D eigenvalue weighted by atomic mass is 35.5. The van der Waals surface area contributed by atoms with Gasteiger partial charge in [0, 0.05) is 35.6 Å².